The molecule has 112 valence electrons. The minimum Gasteiger partial charge on any atom is -0.478 e. The van der Waals surface area contributed by atoms with Crippen LogP contribution < -0.4 is 4.90 Å². The van der Waals surface area contributed by atoms with Crippen molar-refractivity contribution < 1.29 is 14.3 Å². The number of nitrogens with zero attached hydrogens (tertiary/aromatic N) is 2. The van der Waals surface area contributed by atoms with Crippen LogP contribution >= 0.6 is 0 Å². The molecule has 0 radical (unpaired) electrons. The number of rotatable bonds is 4. The summed E-state index contributed by atoms with van der Waals surface area (Å²) in [6, 6.07) is 5.41. The maximum atomic E-state index is 11.0. The highest BCUT2D eigenvalue weighted by Gasteiger charge is 2.36. The maximum Gasteiger partial charge on any atom is 0.335 e. The summed E-state index contributed by atoms with van der Waals surface area (Å²) >= 11 is 0. The standard InChI is InChI=1S/C16H20N2O3/c1-3-16(4-2)7-8-18(10-16)15-17-12-6-5-11(14(19)20)9-13(12)21-15/h5-6,9H,3-4,7-8,10H2,1-2H3,(H,19,20). The normalized spacial score (nSPS) is 17.5. The molecule has 0 atom stereocenters. The van der Waals surface area contributed by atoms with E-state index in [1.807, 2.05) is 0 Å². The van der Waals surface area contributed by atoms with Crippen LogP contribution in [0.3, 0.4) is 0 Å². The number of carboxylic acid groups (broad SMARTS) is 1. The summed E-state index contributed by atoms with van der Waals surface area (Å²) in [6.07, 6.45) is 3.46. The van der Waals surface area contributed by atoms with E-state index in [1.54, 1.807) is 12.1 Å². The monoisotopic (exact) mass is 288 g/mol. The number of aromatic carboxylic acids is 1. The van der Waals surface area contributed by atoms with Crippen LogP contribution in [-0.2, 0) is 0 Å². The first kappa shape index (κ1) is 13.9. The number of anilines is 1. The van der Waals surface area contributed by atoms with Gasteiger partial charge in [0.2, 0.25) is 0 Å². The molecule has 1 saturated heterocycles. The lowest BCUT2D eigenvalue weighted by Gasteiger charge is -2.25. The summed E-state index contributed by atoms with van der Waals surface area (Å²) in [5, 5.41) is 9.02. The van der Waals surface area contributed by atoms with Crippen LogP contribution in [0.4, 0.5) is 6.01 Å². The van der Waals surface area contributed by atoms with Crippen LogP contribution in [0, 0.1) is 5.41 Å². The molecule has 5 heteroatoms. The van der Waals surface area contributed by atoms with Gasteiger partial charge in [-0.1, -0.05) is 13.8 Å². The molecule has 3 rings (SSSR count). The molecule has 1 fully saturated rings. The molecule has 1 aliphatic rings. The third kappa shape index (κ3) is 2.37. The second-order valence-electron chi connectivity index (χ2n) is 5.86. The van der Waals surface area contributed by atoms with Crippen LogP contribution in [0.15, 0.2) is 22.6 Å². The smallest absolute Gasteiger partial charge is 0.335 e. The molecule has 2 heterocycles. The molecule has 21 heavy (non-hydrogen) atoms. The van der Waals surface area contributed by atoms with E-state index in [1.165, 1.54) is 6.07 Å². The number of hydrogen-bond donors (Lipinski definition) is 1. The Morgan fingerprint density at radius 3 is 2.81 bits per heavy atom. The summed E-state index contributed by atoms with van der Waals surface area (Å²) < 4.78 is 5.78. The fourth-order valence-electron chi connectivity index (χ4n) is 3.11. The van der Waals surface area contributed by atoms with E-state index < -0.39 is 5.97 Å². The fraction of sp³-hybridized carbons (Fsp3) is 0.500. The molecule has 0 amide bonds. The van der Waals surface area contributed by atoms with E-state index in [4.69, 9.17) is 9.52 Å². The lowest BCUT2D eigenvalue weighted by molar-refractivity contribution is 0.0697. The number of carbonyl (C=O) groups is 1. The van der Waals surface area contributed by atoms with Gasteiger partial charge in [-0.25, -0.2) is 4.79 Å². The Balaban J connectivity index is 1.90. The molecule has 1 N–H and O–H groups in total. The quantitative estimate of drug-likeness (QED) is 0.932. The molecule has 1 aromatic heterocycles. The van der Waals surface area contributed by atoms with E-state index in [2.05, 4.69) is 23.7 Å². The molecule has 0 bridgehead atoms. The third-order valence-electron chi connectivity index (χ3n) is 4.83. The van der Waals surface area contributed by atoms with Gasteiger partial charge in [0, 0.05) is 13.1 Å². The van der Waals surface area contributed by atoms with Gasteiger partial charge in [-0.15, -0.1) is 0 Å². The molecule has 1 aromatic carbocycles. The van der Waals surface area contributed by atoms with E-state index in [0.717, 1.165) is 32.4 Å². The highest BCUT2D eigenvalue weighted by atomic mass is 16.4. The molecule has 0 aliphatic carbocycles. The van der Waals surface area contributed by atoms with Crippen LogP contribution in [0.1, 0.15) is 43.5 Å². The topological polar surface area (TPSA) is 66.6 Å². The summed E-state index contributed by atoms with van der Waals surface area (Å²) in [4.78, 5) is 17.7. The van der Waals surface area contributed by atoms with Crippen molar-refractivity contribution in [3.05, 3.63) is 23.8 Å². The molecule has 0 saturated carbocycles. The predicted octanol–water partition coefficient (Wildman–Crippen LogP) is 3.54. The van der Waals surface area contributed by atoms with Crippen molar-refractivity contribution in [1.82, 2.24) is 4.98 Å². The van der Waals surface area contributed by atoms with Crippen molar-refractivity contribution in [1.29, 1.82) is 0 Å². The Kier molecular flexibility index (Phi) is 3.35. The number of carboxylic acids is 1. The first-order valence-corrected chi connectivity index (χ1v) is 7.46. The second kappa shape index (κ2) is 5.06. The largest absolute Gasteiger partial charge is 0.478 e. The van der Waals surface area contributed by atoms with Crippen LogP contribution in [0.25, 0.3) is 11.1 Å². The van der Waals surface area contributed by atoms with Gasteiger partial charge in [-0.05, 0) is 42.9 Å². The van der Waals surface area contributed by atoms with Crippen molar-refractivity contribution in [2.45, 2.75) is 33.1 Å². The molecular formula is C16H20N2O3. The summed E-state index contributed by atoms with van der Waals surface area (Å²) in [5.74, 6) is -0.952. The molecule has 0 unspecified atom stereocenters. The first-order chi connectivity index (χ1) is 10.1. The lowest BCUT2D eigenvalue weighted by Crippen LogP contribution is -2.26. The second-order valence-corrected chi connectivity index (χ2v) is 5.86. The average molecular weight is 288 g/mol. The Hall–Kier alpha value is -2.04. The number of oxazole rings is 1. The van der Waals surface area contributed by atoms with E-state index in [9.17, 15) is 4.79 Å². The van der Waals surface area contributed by atoms with Gasteiger partial charge in [-0.2, -0.15) is 4.98 Å². The summed E-state index contributed by atoms with van der Waals surface area (Å²) in [7, 11) is 0. The number of aromatic nitrogens is 1. The van der Waals surface area contributed by atoms with Crippen molar-refractivity contribution >= 4 is 23.1 Å². The van der Waals surface area contributed by atoms with Gasteiger partial charge in [-0.3, -0.25) is 0 Å². The third-order valence-corrected chi connectivity index (χ3v) is 4.83. The van der Waals surface area contributed by atoms with E-state index in [0.29, 0.717) is 22.5 Å². The molecular weight excluding hydrogens is 268 g/mol. The van der Waals surface area contributed by atoms with Crippen molar-refractivity contribution in [3.63, 3.8) is 0 Å². The van der Waals surface area contributed by atoms with Crippen molar-refractivity contribution in [3.8, 4) is 0 Å². The van der Waals surface area contributed by atoms with Crippen LogP contribution in [0.2, 0.25) is 0 Å². The maximum absolute atomic E-state index is 11.0. The Morgan fingerprint density at radius 1 is 1.43 bits per heavy atom. The highest BCUT2D eigenvalue weighted by molar-refractivity contribution is 5.92. The summed E-state index contributed by atoms with van der Waals surface area (Å²) in [6.45, 7) is 6.37. The molecule has 5 nitrogen and oxygen atoms in total. The fourth-order valence-corrected chi connectivity index (χ4v) is 3.11. The SMILES string of the molecule is CCC1(CC)CCN(c2nc3ccc(C(=O)O)cc3o2)C1. The molecule has 0 spiro atoms. The molecule has 1 aliphatic heterocycles. The van der Waals surface area contributed by atoms with Gasteiger partial charge in [0.1, 0.15) is 5.52 Å². The minimum absolute atomic E-state index is 0.225. The van der Waals surface area contributed by atoms with Gasteiger partial charge in [0.15, 0.2) is 5.58 Å². The Bertz CT molecular complexity index is 673. The van der Waals surface area contributed by atoms with Gasteiger partial charge in [0.25, 0.3) is 6.01 Å². The van der Waals surface area contributed by atoms with Crippen LogP contribution in [-0.4, -0.2) is 29.1 Å². The van der Waals surface area contributed by atoms with Gasteiger partial charge >= 0.3 is 5.97 Å². The summed E-state index contributed by atoms with van der Waals surface area (Å²) in [5.41, 5.74) is 1.83. The average Bonchev–Trinajstić information content (AvgIpc) is 3.10. The Morgan fingerprint density at radius 2 is 2.19 bits per heavy atom. The minimum atomic E-state index is -0.952. The number of fused-ring (bicyclic) bond motifs is 1. The van der Waals surface area contributed by atoms with Crippen molar-refractivity contribution in [2.24, 2.45) is 5.41 Å². The highest BCUT2D eigenvalue weighted by Crippen LogP contribution is 2.39. The van der Waals surface area contributed by atoms with E-state index in [-0.39, 0.29) is 5.56 Å². The van der Waals surface area contributed by atoms with Gasteiger partial charge < -0.3 is 14.4 Å². The van der Waals surface area contributed by atoms with Crippen molar-refractivity contribution in [2.75, 3.05) is 18.0 Å². The zero-order valence-corrected chi connectivity index (χ0v) is 12.4. The Labute approximate surface area is 123 Å². The number of benzene rings is 1. The lowest BCUT2D eigenvalue weighted by atomic mass is 9.82. The first-order valence-electron chi connectivity index (χ1n) is 7.46. The van der Waals surface area contributed by atoms with Crippen LogP contribution in [0.5, 0.6) is 0 Å². The zero-order valence-electron chi connectivity index (χ0n) is 12.4. The van der Waals surface area contributed by atoms with Gasteiger partial charge in [0.05, 0.1) is 5.56 Å². The number of hydrogen-bond acceptors (Lipinski definition) is 4. The van der Waals surface area contributed by atoms with E-state index >= 15 is 0 Å². The predicted molar refractivity (Wildman–Crippen MR) is 80.8 cm³/mol. The zero-order chi connectivity index (χ0) is 15.0. The molecule has 2 aromatic rings.